The van der Waals surface area contributed by atoms with Crippen LogP contribution in [0.15, 0.2) is 35.7 Å². The predicted molar refractivity (Wildman–Crippen MR) is 129 cm³/mol. The normalized spacial score (nSPS) is 18.2. The number of hydrogen-bond donors (Lipinski definition) is 0. The van der Waals surface area contributed by atoms with Crippen molar-refractivity contribution < 1.29 is 31.8 Å². The monoisotopic (exact) mass is 522 g/mol. The maximum atomic E-state index is 14.6. The van der Waals surface area contributed by atoms with Crippen LogP contribution in [0.3, 0.4) is 0 Å². The van der Waals surface area contributed by atoms with E-state index in [0.717, 1.165) is 17.8 Å². The van der Waals surface area contributed by atoms with Gasteiger partial charge in [0.25, 0.3) is 0 Å². The molecule has 2 aromatic carbocycles. The molecular weight excluding hydrogens is 496 g/mol. The summed E-state index contributed by atoms with van der Waals surface area (Å²) >= 11 is 1.36. The molecule has 0 unspecified atom stereocenters. The Kier molecular flexibility index (Phi) is 7.01. The molecule has 3 aromatic rings. The van der Waals surface area contributed by atoms with Crippen molar-refractivity contribution in [2.24, 2.45) is 0 Å². The highest BCUT2D eigenvalue weighted by atomic mass is 32.1. The lowest BCUT2D eigenvalue weighted by molar-refractivity contribution is -0.137. The van der Waals surface area contributed by atoms with Crippen LogP contribution in [0.4, 0.5) is 22.4 Å². The number of amides is 1. The first-order valence-corrected chi connectivity index (χ1v) is 12.3. The van der Waals surface area contributed by atoms with Gasteiger partial charge in [-0.25, -0.2) is 14.2 Å². The smallest absolute Gasteiger partial charge is 0.416 e. The highest BCUT2D eigenvalue weighted by Crippen LogP contribution is 2.41. The maximum absolute atomic E-state index is 14.6. The third-order valence-corrected chi connectivity index (χ3v) is 7.30. The van der Waals surface area contributed by atoms with Gasteiger partial charge in [-0.2, -0.15) is 13.2 Å². The summed E-state index contributed by atoms with van der Waals surface area (Å²) in [5, 5.41) is 2.47. The molecule has 2 atom stereocenters. The van der Waals surface area contributed by atoms with E-state index >= 15 is 0 Å². The average molecular weight is 523 g/mol. The molecule has 0 saturated carbocycles. The van der Waals surface area contributed by atoms with Crippen molar-refractivity contribution in [3.8, 4) is 16.9 Å². The Balaban J connectivity index is 1.80. The van der Waals surface area contributed by atoms with Crippen LogP contribution in [0.2, 0.25) is 0 Å². The summed E-state index contributed by atoms with van der Waals surface area (Å²) in [5.74, 6) is -0.438. The number of ether oxygens (including phenoxy) is 2. The summed E-state index contributed by atoms with van der Waals surface area (Å²) in [5.41, 5.74) is 1.45. The van der Waals surface area contributed by atoms with Gasteiger partial charge in [-0.05, 0) is 54.7 Å². The van der Waals surface area contributed by atoms with Gasteiger partial charge in [-0.15, -0.1) is 11.3 Å². The van der Waals surface area contributed by atoms with Crippen molar-refractivity contribution in [3.05, 3.63) is 68.9 Å². The molecule has 192 valence electrons. The summed E-state index contributed by atoms with van der Waals surface area (Å²) in [7, 11) is 1.37. The number of alkyl halides is 3. The fraction of sp³-hybridized carbons (Fsp3) is 0.385. The third kappa shape index (κ3) is 4.91. The van der Waals surface area contributed by atoms with Crippen molar-refractivity contribution in [1.29, 1.82) is 0 Å². The number of aryl methyl sites for hydroxylation is 1. The van der Waals surface area contributed by atoms with Gasteiger partial charge in [0.15, 0.2) is 6.10 Å². The zero-order chi connectivity index (χ0) is 26.4. The first kappa shape index (κ1) is 25.9. The van der Waals surface area contributed by atoms with Crippen molar-refractivity contribution in [2.45, 2.75) is 58.5 Å². The zero-order valence-corrected chi connectivity index (χ0v) is 21.3. The number of hydrogen-bond acceptors (Lipinski definition) is 5. The largest absolute Gasteiger partial charge is 0.496 e. The van der Waals surface area contributed by atoms with Crippen LogP contribution in [0.1, 0.15) is 60.2 Å². The SMILES string of the molecule is COc1cc(F)c(C(C)C)cc1-c1ccc(C(F)(F)F)cc1CN1C(=O)O[C@H](c2nc(C)cs2)[C@@H]1C. The van der Waals surface area contributed by atoms with Crippen LogP contribution in [0.5, 0.6) is 5.75 Å². The van der Waals surface area contributed by atoms with E-state index in [2.05, 4.69) is 4.98 Å². The minimum atomic E-state index is -4.58. The van der Waals surface area contributed by atoms with Gasteiger partial charge in [-0.3, -0.25) is 4.90 Å². The Morgan fingerprint density at radius 3 is 2.50 bits per heavy atom. The number of methoxy groups -OCH3 is 1. The molecular formula is C26H26F4N2O3S. The fourth-order valence-corrected chi connectivity index (χ4v) is 5.23. The molecule has 10 heteroatoms. The molecule has 1 aromatic heterocycles. The molecule has 0 N–H and O–H groups in total. The molecule has 1 amide bonds. The van der Waals surface area contributed by atoms with Crippen molar-refractivity contribution >= 4 is 17.4 Å². The quantitative estimate of drug-likeness (QED) is 0.315. The lowest BCUT2D eigenvalue weighted by Crippen LogP contribution is -2.31. The van der Waals surface area contributed by atoms with E-state index in [9.17, 15) is 22.4 Å². The number of aromatic nitrogens is 1. The van der Waals surface area contributed by atoms with Crippen LogP contribution >= 0.6 is 11.3 Å². The highest BCUT2D eigenvalue weighted by molar-refractivity contribution is 7.09. The summed E-state index contributed by atoms with van der Waals surface area (Å²) in [6.07, 6.45) is -5.85. The summed E-state index contributed by atoms with van der Waals surface area (Å²) in [4.78, 5) is 18.6. The second-order valence-corrected chi connectivity index (χ2v) is 9.99. The van der Waals surface area contributed by atoms with Gasteiger partial charge in [-0.1, -0.05) is 19.9 Å². The molecule has 0 spiro atoms. The van der Waals surface area contributed by atoms with Gasteiger partial charge in [0, 0.05) is 22.7 Å². The van der Waals surface area contributed by atoms with E-state index < -0.39 is 35.8 Å². The molecule has 1 aliphatic rings. The van der Waals surface area contributed by atoms with Crippen LogP contribution in [0, 0.1) is 12.7 Å². The summed E-state index contributed by atoms with van der Waals surface area (Å²) in [6, 6.07) is 5.70. The Labute approximate surface area is 210 Å². The van der Waals surface area contributed by atoms with Gasteiger partial charge in [0.1, 0.15) is 16.6 Å². The molecule has 0 aliphatic carbocycles. The van der Waals surface area contributed by atoms with Gasteiger partial charge in [0.05, 0.1) is 25.3 Å². The Morgan fingerprint density at radius 2 is 1.92 bits per heavy atom. The molecule has 2 heterocycles. The second-order valence-electron chi connectivity index (χ2n) is 9.10. The number of benzene rings is 2. The molecule has 1 fully saturated rings. The molecule has 1 aliphatic heterocycles. The van der Waals surface area contributed by atoms with Crippen LogP contribution in [-0.2, 0) is 17.5 Å². The van der Waals surface area contributed by atoms with E-state index in [0.29, 0.717) is 21.7 Å². The van der Waals surface area contributed by atoms with Crippen molar-refractivity contribution in [2.75, 3.05) is 7.11 Å². The van der Waals surface area contributed by atoms with E-state index in [-0.39, 0.29) is 23.8 Å². The number of thiazole rings is 1. The highest BCUT2D eigenvalue weighted by Gasteiger charge is 2.42. The van der Waals surface area contributed by atoms with Crippen LogP contribution < -0.4 is 4.74 Å². The van der Waals surface area contributed by atoms with Crippen LogP contribution in [-0.4, -0.2) is 29.1 Å². The minimum absolute atomic E-state index is 0.141. The number of halogens is 4. The lowest BCUT2D eigenvalue weighted by Gasteiger charge is -2.23. The number of carbonyl (C=O) groups is 1. The van der Waals surface area contributed by atoms with E-state index in [1.807, 2.05) is 26.2 Å². The van der Waals surface area contributed by atoms with E-state index in [1.165, 1.54) is 35.5 Å². The average Bonchev–Trinajstić information content (AvgIpc) is 3.36. The van der Waals surface area contributed by atoms with E-state index in [4.69, 9.17) is 9.47 Å². The Bertz CT molecular complexity index is 1290. The van der Waals surface area contributed by atoms with Crippen molar-refractivity contribution in [3.63, 3.8) is 0 Å². The Morgan fingerprint density at radius 1 is 1.19 bits per heavy atom. The van der Waals surface area contributed by atoms with Crippen molar-refractivity contribution in [1.82, 2.24) is 9.88 Å². The second kappa shape index (κ2) is 9.72. The zero-order valence-electron chi connectivity index (χ0n) is 20.4. The Hall–Kier alpha value is -3.14. The number of cyclic esters (lactones) is 1. The number of rotatable bonds is 6. The predicted octanol–water partition coefficient (Wildman–Crippen LogP) is 7.49. The summed E-state index contributed by atoms with van der Waals surface area (Å²) in [6.45, 7) is 7.11. The van der Waals surface area contributed by atoms with Gasteiger partial charge < -0.3 is 9.47 Å². The van der Waals surface area contributed by atoms with E-state index in [1.54, 1.807) is 13.0 Å². The molecule has 4 rings (SSSR count). The first-order valence-electron chi connectivity index (χ1n) is 11.4. The number of carbonyl (C=O) groups excluding carboxylic acids is 1. The molecule has 5 nitrogen and oxygen atoms in total. The first-order chi connectivity index (χ1) is 16.9. The molecule has 0 bridgehead atoms. The third-order valence-electron chi connectivity index (χ3n) is 6.28. The maximum Gasteiger partial charge on any atom is 0.416 e. The van der Waals surface area contributed by atoms with Gasteiger partial charge >= 0.3 is 12.3 Å². The lowest BCUT2D eigenvalue weighted by atomic mass is 9.92. The van der Waals surface area contributed by atoms with Crippen LogP contribution in [0.25, 0.3) is 11.1 Å². The summed E-state index contributed by atoms with van der Waals surface area (Å²) < 4.78 is 66.5. The topological polar surface area (TPSA) is 51.7 Å². The standard InChI is InChI=1S/C26H26F4N2O3S/c1-13(2)19-9-20(22(34-5)10-21(19)27)18-7-6-17(26(28,29)30)8-16(18)11-32-15(4)23(35-25(32)33)24-31-14(3)12-36-24/h6-10,12-13,15,23H,11H2,1-5H3/t15-,23-/m0/s1. The minimum Gasteiger partial charge on any atom is -0.496 e. The fourth-order valence-electron chi connectivity index (χ4n) is 4.31. The molecule has 1 saturated heterocycles. The molecule has 36 heavy (non-hydrogen) atoms. The number of nitrogens with zero attached hydrogens (tertiary/aromatic N) is 2. The molecule has 0 radical (unpaired) electrons. The van der Waals surface area contributed by atoms with Gasteiger partial charge in [0.2, 0.25) is 0 Å².